The lowest BCUT2D eigenvalue weighted by Gasteiger charge is -2.36. The lowest BCUT2D eigenvalue weighted by molar-refractivity contribution is -0.117. The molecule has 3 aromatic rings. The van der Waals surface area contributed by atoms with Gasteiger partial charge in [0.2, 0.25) is 0 Å². The summed E-state index contributed by atoms with van der Waals surface area (Å²) in [5.41, 5.74) is 4.12. The maximum absolute atomic E-state index is 13.0. The summed E-state index contributed by atoms with van der Waals surface area (Å²) < 4.78 is 5.28. The first-order valence-corrected chi connectivity index (χ1v) is 12.9. The fourth-order valence-corrected chi connectivity index (χ4v) is 5.15. The molecule has 0 radical (unpaired) electrons. The van der Waals surface area contributed by atoms with Crippen molar-refractivity contribution in [1.29, 1.82) is 5.26 Å². The van der Waals surface area contributed by atoms with Gasteiger partial charge in [-0.25, -0.2) is 5.01 Å². The molecule has 186 valence electrons. The number of nitrogens with one attached hydrogen (secondary N) is 1. The summed E-state index contributed by atoms with van der Waals surface area (Å²) in [4.78, 5) is 32.1. The van der Waals surface area contributed by atoms with Crippen molar-refractivity contribution >= 4 is 37.4 Å². The van der Waals surface area contributed by atoms with E-state index >= 15 is 0 Å². The van der Waals surface area contributed by atoms with Crippen molar-refractivity contribution in [2.75, 3.05) is 7.05 Å². The van der Waals surface area contributed by atoms with E-state index in [1.165, 1.54) is 12.1 Å². The van der Waals surface area contributed by atoms with Gasteiger partial charge in [-0.05, 0) is 47.9 Å². The predicted octanol–water partition coefficient (Wildman–Crippen LogP) is 4.42. The van der Waals surface area contributed by atoms with Crippen LogP contribution in [0, 0.1) is 11.3 Å². The van der Waals surface area contributed by atoms with E-state index in [0.717, 1.165) is 16.7 Å². The van der Waals surface area contributed by atoms with Gasteiger partial charge in [0.15, 0.2) is 0 Å². The minimum Gasteiger partial charge on any atom is -0.426 e. The van der Waals surface area contributed by atoms with E-state index in [4.69, 9.17) is 16.1 Å². The molecule has 1 unspecified atom stereocenters. The number of amides is 1. The minimum atomic E-state index is -2.75. The van der Waals surface area contributed by atoms with Crippen molar-refractivity contribution < 1.29 is 19.1 Å². The summed E-state index contributed by atoms with van der Waals surface area (Å²) in [6.07, 6.45) is 2.09. The highest BCUT2D eigenvalue weighted by molar-refractivity contribution is 7.39. The molecule has 8 nitrogen and oxygen atoms in total. The summed E-state index contributed by atoms with van der Waals surface area (Å²) in [6, 6.07) is 24.0. The monoisotopic (exact) mass is 532 g/mol. The highest BCUT2D eigenvalue weighted by atomic mass is 35.5. The second kappa shape index (κ2) is 10.3. The topological polar surface area (TPSA) is 109 Å². The normalized spacial score (nSPS) is 17.4. The first-order chi connectivity index (χ1) is 17.9. The van der Waals surface area contributed by atoms with Gasteiger partial charge >= 0.3 is 8.60 Å². The Hall–Kier alpha value is -3.70. The van der Waals surface area contributed by atoms with E-state index in [1.54, 1.807) is 12.1 Å². The van der Waals surface area contributed by atoms with E-state index in [-0.39, 0.29) is 23.3 Å². The Morgan fingerprint density at radius 2 is 1.84 bits per heavy atom. The largest absolute Gasteiger partial charge is 0.426 e. The lowest BCUT2D eigenvalue weighted by atomic mass is 9.93. The fraction of sp³-hybridized carbons (Fsp3) is 0.111. The number of benzene rings is 3. The molecule has 5 rings (SSSR count). The number of carbonyl (C=O) groups excluding carboxylic acids is 1. The third-order valence-electron chi connectivity index (χ3n) is 6.30. The SMILES string of the molecule is CN1C(Cc2ccccc2)C(c2ccc(Cl)cc2)=C2NC(=O)C=C(c3ccc(C#N)cc3OP(O)O)N21. The van der Waals surface area contributed by atoms with Gasteiger partial charge in [0.1, 0.15) is 11.6 Å². The molecule has 0 saturated heterocycles. The van der Waals surface area contributed by atoms with Crippen LogP contribution in [-0.4, -0.2) is 38.8 Å². The van der Waals surface area contributed by atoms with E-state index < -0.39 is 8.60 Å². The molecule has 10 heteroatoms. The number of hydrogen-bond donors (Lipinski definition) is 3. The number of nitriles is 1. The lowest BCUT2D eigenvalue weighted by Crippen LogP contribution is -2.45. The van der Waals surface area contributed by atoms with Crippen LogP contribution in [0.1, 0.15) is 22.3 Å². The van der Waals surface area contributed by atoms with Gasteiger partial charge in [-0.1, -0.05) is 54.1 Å². The van der Waals surface area contributed by atoms with E-state index in [9.17, 15) is 19.8 Å². The van der Waals surface area contributed by atoms with Gasteiger partial charge in [-0.2, -0.15) is 5.26 Å². The van der Waals surface area contributed by atoms with E-state index in [2.05, 4.69) is 17.4 Å². The molecule has 3 aromatic carbocycles. The molecule has 0 bridgehead atoms. The molecule has 0 aromatic heterocycles. The standard InChI is InChI=1S/C27H22ClN4O4P/c1-31-23(13-17-5-3-2-4-6-17)26(19-8-10-20(28)11-9-19)27-30-25(33)15-22(32(27)31)21-12-7-18(16-29)14-24(21)36-37(34)35/h2-12,14-15,23,34-35H,13H2,1H3,(H,30,33). The van der Waals surface area contributed by atoms with Crippen molar-refractivity contribution in [3.63, 3.8) is 0 Å². The Labute approximate surface area is 220 Å². The van der Waals surface area contributed by atoms with Crippen LogP contribution in [0.15, 0.2) is 84.7 Å². The summed E-state index contributed by atoms with van der Waals surface area (Å²) in [7, 11) is -0.824. The molecule has 0 saturated carbocycles. The van der Waals surface area contributed by atoms with Crippen LogP contribution in [0.3, 0.4) is 0 Å². The van der Waals surface area contributed by atoms with E-state index in [1.807, 2.05) is 65.6 Å². The van der Waals surface area contributed by atoms with Crippen molar-refractivity contribution in [2.24, 2.45) is 0 Å². The number of nitrogens with zero attached hydrogens (tertiary/aromatic N) is 3. The molecule has 0 aliphatic carbocycles. The molecule has 0 fully saturated rings. The Morgan fingerprint density at radius 1 is 1.11 bits per heavy atom. The van der Waals surface area contributed by atoms with Gasteiger partial charge in [-0.3, -0.25) is 9.80 Å². The Morgan fingerprint density at radius 3 is 2.51 bits per heavy atom. The minimum absolute atomic E-state index is 0.0865. The number of fused-ring (bicyclic) bond motifs is 1. The molecule has 3 N–H and O–H groups in total. The van der Waals surface area contributed by atoms with Crippen LogP contribution in [0.25, 0.3) is 11.3 Å². The molecule has 1 amide bonds. The molecule has 0 spiro atoms. The zero-order valence-electron chi connectivity index (χ0n) is 19.7. The zero-order valence-corrected chi connectivity index (χ0v) is 21.3. The zero-order chi connectivity index (χ0) is 26.1. The number of likely N-dealkylation sites (N-methyl/N-ethyl adjacent to an activating group) is 1. The van der Waals surface area contributed by atoms with E-state index in [0.29, 0.717) is 28.5 Å². The van der Waals surface area contributed by atoms with Crippen molar-refractivity contribution in [1.82, 2.24) is 15.3 Å². The molecule has 2 aliphatic rings. The first kappa shape index (κ1) is 25.0. The van der Waals surface area contributed by atoms with Crippen molar-refractivity contribution in [2.45, 2.75) is 12.5 Å². The highest BCUT2D eigenvalue weighted by Crippen LogP contribution is 2.45. The third-order valence-corrected chi connectivity index (χ3v) is 6.91. The van der Waals surface area contributed by atoms with Crippen LogP contribution in [0.5, 0.6) is 5.75 Å². The highest BCUT2D eigenvalue weighted by Gasteiger charge is 2.42. The molecule has 2 aliphatic heterocycles. The maximum atomic E-state index is 13.0. The Balaban J connectivity index is 1.67. The number of rotatable bonds is 6. The van der Waals surface area contributed by atoms with Gasteiger partial charge in [-0.15, -0.1) is 0 Å². The van der Waals surface area contributed by atoms with Gasteiger partial charge < -0.3 is 19.6 Å². The quantitative estimate of drug-likeness (QED) is 0.403. The van der Waals surface area contributed by atoms with Gasteiger partial charge in [0.05, 0.1) is 23.4 Å². The van der Waals surface area contributed by atoms with Crippen molar-refractivity contribution in [3.05, 3.63) is 112 Å². The number of carbonyl (C=O) groups is 1. The van der Waals surface area contributed by atoms with Crippen LogP contribution in [0.4, 0.5) is 0 Å². The number of hydrogen-bond acceptors (Lipinski definition) is 7. The van der Waals surface area contributed by atoms with Gasteiger partial charge in [0.25, 0.3) is 5.91 Å². The molecular formula is C27H22ClN4O4P. The molecule has 37 heavy (non-hydrogen) atoms. The molecule has 1 atom stereocenters. The van der Waals surface area contributed by atoms with Crippen LogP contribution in [0.2, 0.25) is 5.02 Å². The summed E-state index contributed by atoms with van der Waals surface area (Å²) in [5.74, 6) is 0.328. The number of halogens is 1. The third kappa shape index (κ3) is 4.96. The van der Waals surface area contributed by atoms with Crippen LogP contribution < -0.4 is 9.84 Å². The predicted molar refractivity (Wildman–Crippen MR) is 141 cm³/mol. The summed E-state index contributed by atoms with van der Waals surface area (Å²) in [5, 5.41) is 16.9. The molecule has 2 heterocycles. The van der Waals surface area contributed by atoms with Crippen molar-refractivity contribution in [3.8, 4) is 11.8 Å². The Kier molecular flexibility index (Phi) is 6.98. The second-order valence-corrected chi connectivity index (χ2v) is 9.67. The average molecular weight is 533 g/mol. The summed E-state index contributed by atoms with van der Waals surface area (Å²) >= 11 is 6.17. The first-order valence-electron chi connectivity index (χ1n) is 11.4. The van der Waals surface area contributed by atoms with Gasteiger partial charge in [0, 0.05) is 29.3 Å². The second-order valence-electron chi connectivity index (χ2n) is 8.55. The van der Waals surface area contributed by atoms with Crippen LogP contribution in [-0.2, 0) is 11.2 Å². The molecular weight excluding hydrogens is 511 g/mol. The maximum Gasteiger partial charge on any atom is 0.391 e. The average Bonchev–Trinajstić information content (AvgIpc) is 3.15. The Bertz CT molecular complexity index is 1450. The summed E-state index contributed by atoms with van der Waals surface area (Å²) in [6.45, 7) is 0. The van der Waals surface area contributed by atoms with Crippen LogP contribution >= 0.6 is 20.2 Å². The fourth-order valence-electron chi connectivity index (χ4n) is 4.69. The number of hydrazine groups is 1. The smallest absolute Gasteiger partial charge is 0.391 e.